The van der Waals surface area contributed by atoms with Crippen LogP contribution in [0, 0.1) is 0 Å². The third kappa shape index (κ3) is 3.09. The molecule has 1 amide bonds. The Bertz CT molecular complexity index is 608. The molecule has 0 aliphatic heterocycles. The Morgan fingerprint density at radius 3 is 2.53 bits per heavy atom. The molecule has 0 heterocycles. The van der Waals surface area contributed by atoms with Crippen molar-refractivity contribution in [2.75, 3.05) is 7.05 Å². The highest BCUT2D eigenvalue weighted by atomic mass is 35.7. The van der Waals surface area contributed by atoms with Crippen molar-refractivity contribution in [1.82, 2.24) is 4.90 Å². The summed E-state index contributed by atoms with van der Waals surface area (Å²) in [5.74, 6) is -0.137. The molecule has 0 N–H and O–H groups in total. The summed E-state index contributed by atoms with van der Waals surface area (Å²) in [5, 5.41) is 0. The summed E-state index contributed by atoms with van der Waals surface area (Å²) >= 11 is 0. The first kappa shape index (κ1) is 14.3. The van der Waals surface area contributed by atoms with Gasteiger partial charge in [0.1, 0.15) is 0 Å². The van der Waals surface area contributed by atoms with Crippen LogP contribution >= 0.6 is 10.7 Å². The Balaban J connectivity index is 2.44. The molecule has 4 nitrogen and oxygen atoms in total. The largest absolute Gasteiger partial charge is 0.339 e. The summed E-state index contributed by atoms with van der Waals surface area (Å²) in [6.07, 6.45) is 2.69. The number of nitrogens with zero attached hydrogens (tertiary/aromatic N) is 1. The zero-order valence-corrected chi connectivity index (χ0v) is 12.5. The zero-order valence-electron chi connectivity index (χ0n) is 10.9. The summed E-state index contributed by atoms with van der Waals surface area (Å²) in [4.78, 5) is 14.0. The van der Waals surface area contributed by atoms with Gasteiger partial charge < -0.3 is 4.90 Å². The lowest BCUT2D eigenvalue weighted by molar-refractivity contribution is 0.0784. The molecule has 0 bridgehead atoms. The molecule has 0 saturated heterocycles. The average Bonchev–Trinajstić information content (AvgIpc) is 3.19. The minimum absolute atomic E-state index is 0.0288. The molecule has 1 aliphatic rings. The third-order valence-electron chi connectivity index (χ3n) is 3.39. The number of aryl methyl sites for hydroxylation is 1. The van der Waals surface area contributed by atoms with Crippen molar-refractivity contribution in [2.24, 2.45) is 0 Å². The van der Waals surface area contributed by atoms with Crippen LogP contribution in [0.2, 0.25) is 0 Å². The summed E-state index contributed by atoms with van der Waals surface area (Å²) < 4.78 is 22.7. The monoisotopic (exact) mass is 301 g/mol. The van der Waals surface area contributed by atoms with Crippen molar-refractivity contribution < 1.29 is 13.2 Å². The van der Waals surface area contributed by atoms with Gasteiger partial charge in [0.15, 0.2) is 0 Å². The lowest BCUT2D eigenvalue weighted by Crippen LogP contribution is -2.29. The second-order valence-electron chi connectivity index (χ2n) is 4.76. The fourth-order valence-corrected chi connectivity index (χ4v) is 2.81. The van der Waals surface area contributed by atoms with Crippen molar-refractivity contribution in [3.8, 4) is 0 Å². The molecule has 6 heteroatoms. The predicted molar refractivity (Wildman–Crippen MR) is 74.0 cm³/mol. The van der Waals surface area contributed by atoms with Crippen LogP contribution < -0.4 is 0 Å². The lowest BCUT2D eigenvalue weighted by Gasteiger charge is -2.18. The van der Waals surface area contributed by atoms with Gasteiger partial charge in [-0.2, -0.15) is 0 Å². The van der Waals surface area contributed by atoms with Gasteiger partial charge in [-0.15, -0.1) is 0 Å². The van der Waals surface area contributed by atoms with E-state index in [4.69, 9.17) is 10.7 Å². The molecule has 1 fully saturated rings. The first-order valence-electron chi connectivity index (χ1n) is 6.19. The summed E-state index contributed by atoms with van der Waals surface area (Å²) in [6.45, 7) is 1.93. The maximum atomic E-state index is 12.4. The van der Waals surface area contributed by atoms with Gasteiger partial charge >= 0.3 is 0 Å². The van der Waals surface area contributed by atoms with E-state index in [1.54, 1.807) is 18.0 Å². The summed E-state index contributed by atoms with van der Waals surface area (Å²) in [7, 11) is 3.27. The van der Waals surface area contributed by atoms with Crippen LogP contribution in [0.5, 0.6) is 0 Å². The van der Waals surface area contributed by atoms with Crippen molar-refractivity contribution in [2.45, 2.75) is 37.1 Å². The molecule has 104 valence electrons. The topological polar surface area (TPSA) is 54.5 Å². The first-order valence-corrected chi connectivity index (χ1v) is 8.50. The number of benzene rings is 1. The number of hydrogen-bond acceptors (Lipinski definition) is 3. The average molecular weight is 302 g/mol. The van der Waals surface area contributed by atoms with Gasteiger partial charge in [0.05, 0.1) is 4.90 Å². The molecule has 0 aromatic heterocycles. The molecule has 0 spiro atoms. The first-order chi connectivity index (χ1) is 8.84. The van der Waals surface area contributed by atoms with E-state index in [-0.39, 0.29) is 16.8 Å². The standard InChI is InChI=1S/C13H16ClNO3S/c1-3-9-4-7-11(19(14,17)18)8-12(9)13(16)15(2)10-5-6-10/h4,7-8,10H,3,5-6H2,1-2H3. The molecule has 0 atom stereocenters. The number of hydrogen-bond donors (Lipinski definition) is 0. The number of carbonyl (C=O) groups excluding carboxylic acids is 1. The minimum Gasteiger partial charge on any atom is -0.339 e. The summed E-state index contributed by atoms with van der Waals surface area (Å²) in [6, 6.07) is 4.76. The molecule has 1 aromatic rings. The molecule has 1 aromatic carbocycles. The fraction of sp³-hybridized carbons (Fsp3) is 0.462. The van der Waals surface area contributed by atoms with Crippen molar-refractivity contribution in [3.05, 3.63) is 29.3 Å². The highest BCUT2D eigenvalue weighted by Gasteiger charge is 2.31. The van der Waals surface area contributed by atoms with E-state index >= 15 is 0 Å². The number of rotatable bonds is 4. The van der Waals surface area contributed by atoms with E-state index in [0.29, 0.717) is 12.0 Å². The van der Waals surface area contributed by atoms with E-state index in [1.807, 2.05) is 6.92 Å². The smallest absolute Gasteiger partial charge is 0.261 e. The van der Waals surface area contributed by atoms with Gasteiger partial charge in [0.25, 0.3) is 15.0 Å². The van der Waals surface area contributed by atoms with Crippen LogP contribution in [-0.4, -0.2) is 32.3 Å². The Kier molecular flexibility index (Phi) is 3.87. The minimum atomic E-state index is -3.81. The van der Waals surface area contributed by atoms with Crippen LogP contribution in [0.3, 0.4) is 0 Å². The molecular formula is C13H16ClNO3S. The van der Waals surface area contributed by atoms with Crippen molar-refractivity contribution in [3.63, 3.8) is 0 Å². The van der Waals surface area contributed by atoms with Gasteiger partial charge in [-0.3, -0.25) is 4.79 Å². The molecule has 1 aliphatic carbocycles. The molecular weight excluding hydrogens is 286 g/mol. The third-order valence-corrected chi connectivity index (χ3v) is 4.74. The normalized spacial score (nSPS) is 15.3. The van der Waals surface area contributed by atoms with E-state index in [2.05, 4.69) is 0 Å². The Morgan fingerprint density at radius 1 is 1.42 bits per heavy atom. The van der Waals surface area contributed by atoms with Gasteiger partial charge in [0.2, 0.25) is 0 Å². The Labute approximate surface area is 117 Å². The van der Waals surface area contributed by atoms with E-state index < -0.39 is 9.05 Å². The maximum absolute atomic E-state index is 12.4. The van der Waals surface area contributed by atoms with Crippen molar-refractivity contribution >= 4 is 25.6 Å². The predicted octanol–water partition coefficient (Wildman–Crippen LogP) is 2.41. The second kappa shape index (κ2) is 5.13. The second-order valence-corrected chi connectivity index (χ2v) is 7.32. The SMILES string of the molecule is CCc1ccc(S(=O)(=O)Cl)cc1C(=O)N(C)C1CC1. The zero-order chi connectivity index (χ0) is 14.2. The Morgan fingerprint density at radius 2 is 2.05 bits per heavy atom. The Hall–Kier alpha value is -1.07. The molecule has 0 radical (unpaired) electrons. The molecule has 0 unspecified atom stereocenters. The van der Waals surface area contributed by atoms with Crippen molar-refractivity contribution in [1.29, 1.82) is 0 Å². The van der Waals surface area contributed by atoms with E-state index in [0.717, 1.165) is 18.4 Å². The van der Waals surface area contributed by atoms with Crippen LogP contribution in [0.4, 0.5) is 0 Å². The molecule has 19 heavy (non-hydrogen) atoms. The highest BCUT2D eigenvalue weighted by molar-refractivity contribution is 8.13. The van der Waals surface area contributed by atoms with Gasteiger partial charge in [-0.05, 0) is 37.0 Å². The number of amides is 1. The number of carbonyl (C=O) groups is 1. The molecule has 1 saturated carbocycles. The van der Waals surface area contributed by atoms with Gasteiger partial charge in [0, 0.05) is 29.3 Å². The highest BCUT2D eigenvalue weighted by Crippen LogP contribution is 2.28. The quantitative estimate of drug-likeness (QED) is 0.803. The number of halogens is 1. The lowest BCUT2D eigenvalue weighted by atomic mass is 10.0. The van der Waals surface area contributed by atoms with Crippen LogP contribution in [0.1, 0.15) is 35.7 Å². The van der Waals surface area contributed by atoms with E-state index in [9.17, 15) is 13.2 Å². The van der Waals surface area contributed by atoms with Gasteiger partial charge in [-0.25, -0.2) is 8.42 Å². The van der Waals surface area contributed by atoms with Crippen LogP contribution in [0.15, 0.2) is 23.1 Å². The van der Waals surface area contributed by atoms with Crippen LogP contribution in [-0.2, 0) is 15.5 Å². The van der Waals surface area contributed by atoms with E-state index in [1.165, 1.54) is 12.1 Å². The van der Waals surface area contributed by atoms with Crippen LogP contribution in [0.25, 0.3) is 0 Å². The maximum Gasteiger partial charge on any atom is 0.261 e. The summed E-state index contributed by atoms with van der Waals surface area (Å²) in [5.41, 5.74) is 1.26. The molecule has 2 rings (SSSR count). The van der Waals surface area contributed by atoms with Gasteiger partial charge in [-0.1, -0.05) is 13.0 Å². The fourth-order valence-electron chi connectivity index (χ4n) is 2.03.